The van der Waals surface area contributed by atoms with Crippen molar-refractivity contribution >= 4 is 10.0 Å². The Hall–Kier alpha value is -1.02. The molecule has 0 spiro atoms. The SMILES string of the molecule is O=S(=O)(NC1CCCN(CCN2CCCCC2)C1)c1cccc(F)c1. The molecule has 1 aromatic rings. The highest BCUT2D eigenvalue weighted by molar-refractivity contribution is 7.89. The molecule has 1 unspecified atom stereocenters. The van der Waals surface area contributed by atoms with Crippen LogP contribution in [0.5, 0.6) is 0 Å². The maximum Gasteiger partial charge on any atom is 0.240 e. The Bertz CT molecular complexity index is 662. The summed E-state index contributed by atoms with van der Waals surface area (Å²) in [5, 5.41) is 0. The van der Waals surface area contributed by atoms with Gasteiger partial charge in [0, 0.05) is 25.7 Å². The van der Waals surface area contributed by atoms with Crippen molar-refractivity contribution in [3.8, 4) is 0 Å². The van der Waals surface area contributed by atoms with Crippen LogP contribution >= 0.6 is 0 Å². The minimum atomic E-state index is -3.67. The van der Waals surface area contributed by atoms with E-state index in [2.05, 4.69) is 14.5 Å². The summed E-state index contributed by atoms with van der Waals surface area (Å²) in [6.07, 6.45) is 5.72. The van der Waals surface area contributed by atoms with Gasteiger partial charge in [-0.05, 0) is 63.5 Å². The molecule has 2 heterocycles. The molecule has 0 bridgehead atoms. The molecule has 2 fully saturated rings. The van der Waals surface area contributed by atoms with Crippen molar-refractivity contribution in [3.05, 3.63) is 30.1 Å². The van der Waals surface area contributed by atoms with Gasteiger partial charge in [0.25, 0.3) is 0 Å². The van der Waals surface area contributed by atoms with E-state index in [1.165, 1.54) is 50.6 Å². The summed E-state index contributed by atoms with van der Waals surface area (Å²) in [7, 11) is -3.67. The molecule has 1 atom stereocenters. The van der Waals surface area contributed by atoms with E-state index in [1.807, 2.05) is 0 Å². The minimum absolute atomic E-state index is 0.00191. The summed E-state index contributed by atoms with van der Waals surface area (Å²) < 4.78 is 41.0. The first-order valence-corrected chi connectivity index (χ1v) is 10.7. The summed E-state index contributed by atoms with van der Waals surface area (Å²) in [5.41, 5.74) is 0. The molecule has 0 aromatic heterocycles. The summed E-state index contributed by atoms with van der Waals surface area (Å²) in [5.74, 6) is -0.533. The number of likely N-dealkylation sites (tertiary alicyclic amines) is 2. The third kappa shape index (κ3) is 5.48. The van der Waals surface area contributed by atoms with Crippen molar-refractivity contribution in [1.29, 1.82) is 0 Å². The third-order valence-corrected chi connectivity index (χ3v) is 6.63. The molecule has 7 heteroatoms. The highest BCUT2D eigenvalue weighted by Crippen LogP contribution is 2.16. The maximum atomic E-state index is 13.3. The summed E-state index contributed by atoms with van der Waals surface area (Å²) in [6.45, 7) is 6.16. The van der Waals surface area contributed by atoms with Crippen LogP contribution in [0.3, 0.4) is 0 Å². The Morgan fingerprint density at radius 3 is 2.52 bits per heavy atom. The lowest BCUT2D eigenvalue weighted by atomic mass is 10.1. The van der Waals surface area contributed by atoms with E-state index in [1.54, 1.807) is 0 Å². The number of hydrogen-bond acceptors (Lipinski definition) is 4. The number of nitrogens with zero attached hydrogens (tertiary/aromatic N) is 2. The maximum absolute atomic E-state index is 13.3. The van der Waals surface area contributed by atoms with Crippen molar-refractivity contribution in [2.75, 3.05) is 39.3 Å². The molecule has 0 amide bonds. The Morgan fingerprint density at radius 1 is 1.04 bits per heavy atom. The van der Waals surface area contributed by atoms with E-state index in [4.69, 9.17) is 0 Å². The van der Waals surface area contributed by atoms with Gasteiger partial charge in [0.2, 0.25) is 10.0 Å². The molecule has 1 N–H and O–H groups in total. The molecule has 2 aliphatic heterocycles. The van der Waals surface area contributed by atoms with Gasteiger partial charge in [-0.15, -0.1) is 0 Å². The molecule has 0 aliphatic carbocycles. The van der Waals surface area contributed by atoms with Crippen LogP contribution in [0.4, 0.5) is 4.39 Å². The van der Waals surface area contributed by atoms with Gasteiger partial charge in [-0.1, -0.05) is 12.5 Å². The van der Waals surface area contributed by atoms with Crippen molar-refractivity contribution in [3.63, 3.8) is 0 Å². The highest BCUT2D eigenvalue weighted by Gasteiger charge is 2.25. The summed E-state index contributed by atoms with van der Waals surface area (Å²) in [6, 6.07) is 5.07. The molecule has 25 heavy (non-hydrogen) atoms. The van der Waals surface area contributed by atoms with Gasteiger partial charge in [-0.25, -0.2) is 17.5 Å². The zero-order valence-corrected chi connectivity index (χ0v) is 15.5. The number of hydrogen-bond donors (Lipinski definition) is 1. The lowest BCUT2D eigenvalue weighted by molar-refractivity contribution is 0.154. The van der Waals surface area contributed by atoms with Gasteiger partial charge in [-0.3, -0.25) is 0 Å². The fourth-order valence-electron chi connectivity index (χ4n) is 3.74. The van der Waals surface area contributed by atoms with E-state index in [-0.39, 0.29) is 10.9 Å². The standard InChI is InChI=1S/C18H28FN3O2S/c19-16-6-4-8-18(14-16)25(23,24)20-17-7-5-11-22(15-17)13-12-21-9-2-1-3-10-21/h4,6,8,14,17,20H,1-3,5,7,9-13,15H2. The quantitative estimate of drug-likeness (QED) is 0.834. The number of halogens is 1. The number of benzene rings is 1. The summed E-state index contributed by atoms with van der Waals surface area (Å²) >= 11 is 0. The average molecular weight is 370 g/mol. The normalized spacial score (nSPS) is 23.6. The second kappa shape index (κ2) is 8.58. The van der Waals surface area contributed by atoms with Crippen LogP contribution in [0.2, 0.25) is 0 Å². The highest BCUT2D eigenvalue weighted by atomic mass is 32.2. The summed E-state index contributed by atoms with van der Waals surface area (Å²) in [4.78, 5) is 4.85. The Labute approximate surface area is 150 Å². The van der Waals surface area contributed by atoms with E-state index in [9.17, 15) is 12.8 Å². The van der Waals surface area contributed by atoms with Gasteiger partial charge in [-0.2, -0.15) is 0 Å². The second-order valence-corrected chi connectivity index (χ2v) is 8.83. The van der Waals surface area contributed by atoms with Gasteiger partial charge in [0.1, 0.15) is 5.82 Å². The smallest absolute Gasteiger partial charge is 0.240 e. The molecule has 3 rings (SSSR count). The zero-order chi connectivity index (χ0) is 17.7. The fourth-order valence-corrected chi connectivity index (χ4v) is 5.04. The first-order valence-electron chi connectivity index (χ1n) is 9.25. The predicted octanol–water partition coefficient (Wildman–Crippen LogP) is 2.05. The van der Waals surface area contributed by atoms with Crippen molar-refractivity contribution in [2.24, 2.45) is 0 Å². The molecule has 0 saturated carbocycles. The topological polar surface area (TPSA) is 52.7 Å². The van der Waals surface area contributed by atoms with Crippen LogP contribution in [0.15, 0.2) is 29.2 Å². The van der Waals surface area contributed by atoms with Crippen molar-refractivity contribution in [1.82, 2.24) is 14.5 Å². The van der Waals surface area contributed by atoms with Crippen molar-refractivity contribution < 1.29 is 12.8 Å². The van der Waals surface area contributed by atoms with Gasteiger partial charge in [0.15, 0.2) is 0 Å². The Kier molecular flexibility index (Phi) is 6.44. The molecule has 5 nitrogen and oxygen atoms in total. The molecular formula is C18H28FN3O2S. The van der Waals surface area contributed by atoms with E-state index >= 15 is 0 Å². The molecule has 0 radical (unpaired) electrons. The van der Waals surface area contributed by atoms with Gasteiger partial charge in [0.05, 0.1) is 4.90 Å². The lowest BCUT2D eigenvalue weighted by Gasteiger charge is -2.35. The molecule has 1 aromatic carbocycles. The minimum Gasteiger partial charge on any atom is -0.302 e. The van der Waals surface area contributed by atoms with E-state index < -0.39 is 15.8 Å². The lowest BCUT2D eigenvalue weighted by Crippen LogP contribution is -2.49. The fraction of sp³-hybridized carbons (Fsp3) is 0.667. The number of nitrogens with one attached hydrogen (secondary N) is 1. The van der Waals surface area contributed by atoms with Crippen LogP contribution in [0.1, 0.15) is 32.1 Å². The third-order valence-electron chi connectivity index (χ3n) is 5.11. The average Bonchev–Trinajstić information content (AvgIpc) is 2.61. The molecule has 140 valence electrons. The number of rotatable bonds is 6. The predicted molar refractivity (Wildman–Crippen MR) is 96.5 cm³/mol. The zero-order valence-electron chi connectivity index (χ0n) is 14.7. The van der Waals surface area contributed by atoms with Gasteiger partial charge >= 0.3 is 0 Å². The van der Waals surface area contributed by atoms with Crippen LogP contribution in [-0.2, 0) is 10.0 Å². The second-order valence-electron chi connectivity index (χ2n) is 7.12. The Morgan fingerprint density at radius 2 is 1.76 bits per heavy atom. The largest absolute Gasteiger partial charge is 0.302 e. The monoisotopic (exact) mass is 369 g/mol. The molecule has 2 aliphatic rings. The molecular weight excluding hydrogens is 341 g/mol. The van der Waals surface area contributed by atoms with Crippen LogP contribution < -0.4 is 4.72 Å². The number of piperidine rings is 2. The van der Waals surface area contributed by atoms with Crippen LogP contribution in [0, 0.1) is 5.82 Å². The Balaban J connectivity index is 1.52. The number of sulfonamides is 1. The van der Waals surface area contributed by atoms with E-state index in [0.717, 1.165) is 45.1 Å². The van der Waals surface area contributed by atoms with Crippen LogP contribution in [-0.4, -0.2) is 63.5 Å². The van der Waals surface area contributed by atoms with Crippen molar-refractivity contribution in [2.45, 2.75) is 43.0 Å². The first-order chi connectivity index (χ1) is 12.0. The van der Waals surface area contributed by atoms with Gasteiger partial charge < -0.3 is 9.80 Å². The first kappa shape index (κ1) is 18.8. The van der Waals surface area contributed by atoms with Crippen LogP contribution in [0.25, 0.3) is 0 Å². The van der Waals surface area contributed by atoms with E-state index in [0.29, 0.717) is 0 Å². The molecule has 2 saturated heterocycles.